The van der Waals surface area contributed by atoms with Gasteiger partial charge in [-0.2, -0.15) is 0 Å². The summed E-state index contributed by atoms with van der Waals surface area (Å²) in [6.07, 6.45) is 0. The molecule has 2 unspecified atom stereocenters. The number of rotatable bonds is 3. The minimum Gasteiger partial charge on any atom is -0.371 e. The monoisotopic (exact) mass is 392 g/mol. The van der Waals surface area contributed by atoms with E-state index in [2.05, 4.69) is 33.2 Å². The Labute approximate surface area is 169 Å². The van der Waals surface area contributed by atoms with E-state index in [-0.39, 0.29) is 11.7 Å². The van der Waals surface area contributed by atoms with E-state index in [4.69, 9.17) is 0 Å². The molecule has 1 amide bonds. The first-order valence-electron chi connectivity index (χ1n) is 10.1. The van der Waals surface area contributed by atoms with E-state index < -0.39 is 0 Å². The third-order valence-corrected chi connectivity index (χ3v) is 6.33. The fourth-order valence-corrected chi connectivity index (χ4v) is 4.86. The number of carbonyl (C=O) groups excluding carboxylic acids is 1. The Morgan fingerprint density at radius 3 is 2.59 bits per heavy atom. The molecular weight excluding hydrogens is 367 g/mol. The molecule has 0 spiro atoms. The van der Waals surface area contributed by atoms with Gasteiger partial charge in [0.15, 0.2) is 0 Å². The van der Waals surface area contributed by atoms with Crippen molar-refractivity contribution in [3.05, 3.63) is 59.5 Å². The number of H-pyrrole nitrogens is 1. The Balaban J connectivity index is 1.34. The second-order valence-electron chi connectivity index (χ2n) is 8.49. The maximum absolute atomic E-state index is 14.1. The number of amides is 1. The number of carbonyl (C=O) groups is 1. The Kier molecular flexibility index (Phi) is 4.32. The summed E-state index contributed by atoms with van der Waals surface area (Å²) in [5.41, 5.74) is 3.82. The molecule has 5 rings (SSSR count). The van der Waals surface area contributed by atoms with Gasteiger partial charge in [0.2, 0.25) is 0 Å². The van der Waals surface area contributed by atoms with Gasteiger partial charge in [0.1, 0.15) is 11.5 Å². The molecule has 0 bridgehead atoms. The summed E-state index contributed by atoms with van der Waals surface area (Å²) >= 11 is 0. The standard InChI is InChI=1S/C23H25FN4O/c1-14-6-7-20(24)19-9-21(26-22(14)19)23(29)25-17-4-3-5-18(8-17)28-12-15-10-27(2)11-16(15)13-28/h3-9,15-16,26H,10-13H2,1-2H3,(H,25,29). The van der Waals surface area contributed by atoms with Gasteiger partial charge in [0.05, 0.1) is 5.52 Å². The summed E-state index contributed by atoms with van der Waals surface area (Å²) in [6, 6.07) is 12.7. The van der Waals surface area contributed by atoms with Gasteiger partial charge in [-0.3, -0.25) is 4.79 Å². The fourth-order valence-electron chi connectivity index (χ4n) is 4.86. The molecular formula is C23H25FN4O. The van der Waals surface area contributed by atoms with Gasteiger partial charge >= 0.3 is 0 Å². The van der Waals surface area contributed by atoms with E-state index >= 15 is 0 Å². The topological polar surface area (TPSA) is 51.4 Å². The third-order valence-electron chi connectivity index (χ3n) is 6.33. The molecule has 29 heavy (non-hydrogen) atoms. The summed E-state index contributed by atoms with van der Waals surface area (Å²) in [7, 11) is 2.19. The summed E-state index contributed by atoms with van der Waals surface area (Å²) in [6.45, 7) is 6.34. The predicted octanol–water partition coefficient (Wildman–Crippen LogP) is 3.87. The van der Waals surface area contributed by atoms with E-state index in [1.165, 1.54) is 6.07 Å². The summed E-state index contributed by atoms with van der Waals surface area (Å²) in [5.74, 6) is 0.857. The Morgan fingerprint density at radius 1 is 1.10 bits per heavy atom. The van der Waals surface area contributed by atoms with E-state index in [0.29, 0.717) is 16.6 Å². The van der Waals surface area contributed by atoms with Crippen LogP contribution in [0.25, 0.3) is 10.9 Å². The quantitative estimate of drug-likeness (QED) is 0.712. The molecule has 1 aromatic heterocycles. The maximum atomic E-state index is 14.1. The molecule has 2 aliphatic heterocycles. The Morgan fingerprint density at radius 2 is 1.86 bits per heavy atom. The lowest BCUT2D eigenvalue weighted by atomic mass is 10.0. The van der Waals surface area contributed by atoms with Gasteiger partial charge in [0, 0.05) is 42.9 Å². The molecule has 0 saturated carbocycles. The van der Waals surface area contributed by atoms with Crippen LogP contribution >= 0.6 is 0 Å². The predicted molar refractivity (Wildman–Crippen MR) is 114 cm³/mol. The van der Waals surface area contributed by atoms with Gasteiger partial charge in [-0.25, -0.2) is 4.39 Å². The number of halogens is 1. The average molecular weight is 392 g/mol. The molecule has 150 valence electrons. The van der Waals surface area contributed by atoms with E-state index in [0.717, 1.165) is 55.0 Å². The van der Waals surface area contributed by atoms with Crippen LogP contribution in [-0.2, 0) is 0 Å². The van der Waals surface area contributed by atoms with Crippen LogP contribution in [0.15, 0.2) is 42.5 Å². The van der Waals surface area contributed by atoms with Crippen LogP contribution in [-0.4, -0.2) is 49.0 Å². The SMILES string of the molecule is Cc1ccc(F)c2cc(C(=O)Nc3cccc(N4CC5CN(C)CC5C4)c3)[nH]c12. The first-order valence-corrected chi connectivity index (χ1v) is 10.1. The second-order valence-corrected chi connectivity index (χ2v) is 8.49. The number of aromatic amines is 1. The zero-order valence-corrected chi connectivity index (χ0v) is 16.7. The van der Waals surface area contributed by atoms with Crippen LogP contribution in [0.2, 0.25) is 0 Å². The number of nitrogens with zero attached hydrogens (tertiary/aromatic N) is 2. The zero-order chi connectivity index (χ0) is 20.1. The van der Waals surface area contributed by atoms with E-state index in [1.54, 1.807) is 12.1 Å². The molecule has 2 N–H and O–H groups in total. The van der Waals surface area contributed by atoms with Crippen LogP contribution < -0.4 is 10.2 Å². The normalized spacial score (nSPS) is 21.7. The number of likely N-dealkylation sites (tertiary alicyclic amines) is 1. The molecule has 3 heterocycles. The highest BCUT2D eigenvalue weighted by atomic mass is 19.1. The highest BCUT2D eigenvalue weighted by molar-refractivity contribution is 6.06. The average Bonchev–Trinajstić information content (AvgIpc) is 3.38. The van der Waals surface area contributed by atoms with Gasteiger partial charge in [-0.1, -0.05) is 12.1 Å². The van der Waals surface area contributed by atoms with Crippen molar-refractivity contribution in [2.24, 2.45) is 11.8 Å². The zero-order valence-electron chi connectivity index (χ0n) is 16.7. The van der Waals surface area contributed by atoms with E-state index in [9.17, 15) is 9.18 Å². The highest BCUT2D eigenvalue weighted by Crippen LogP contribution is 2.34. The molecule has 0 radical (unpaired) electrons. The lowest BCUT2D eigenvalue weighted by Crippen LogP contribution is -2.26. The minimum atomic E-state index is -0.326. The van der Waals surface area contributed by atoms with Crippen molar-refractivity contribution >= 4 is 28.2 Å². The van der Waals surface area contributed by atoms with E-state index in [1.807, 2.05) is 25.1 Å². The number of benzene rings is 2. The number of nitrogens with one attached hydrogen (secondary N) is 2. The highest BCUT2D eigenvalue weighted by Gasteiger charge is 2.38. The van der Waals surface area contributed by atoms with Crippen LogP contribution in [0, 0.1) is 24.6 Å². The fraction of sp³-hybridized carbons (Fsp3) is 0.348. The minimum absolute atomic E-state index is 0.267. The van der Waals surface area contributed by atoms with Gasteiger partial charge in [-0.05, 0) is 61.7 Å². The van der Waals surface area contributed by atoms with Crippen molar-refractivity contribution < 1.29 is 9.18 Å². The summed E-state index contributed by atoms with van der Waals surface area (Å²) in [5, 5.41) is 3.39. The molecule has 3 aromatic rings. The molecule has 2 fully saturated rings. The lowest BCUT2D eigenvalue weighted by molar-refractivity contribution is 0.102. The summed E-state index contributed by atoms with van der Waals surface area (Å²) in [4.78, 5) is 20.6. The summed E-state index contributed by atoms with van der Waals surface area (Å²) < 4.78 is 14.1. The number of hydrogen-bond donors (Lipinski definition) is 2. The van der Waals surface area contributed by atoms with Gasteiger partial charge < -0.3 is 20.1 Å². The van der Waals surface area contributed by atoms with Crippen molar-refractivity contribution in [2.45, 2.75) is 6.92 Å². The number of fused-ring (bicyclic) bond motifs is 2. The number of anilines is 2. The number of aromatic nitrogens is 1. The molecule has 2 aromatic carbocycles. The van der Waals surface area contributed by atoms with Crippen molar-refractivity contribution in [2.75, 3.05) is 43.4 Å². The molecule has 0 aliphatic carbocycles. The molecule has 2 atom stereocenters. The Bertz CT molecular complexity index is 1040. The smallest absolute Gasteiger partial charge is 0.272 e. The third kappa shape index (κ3) is 3.27. The molecule has 2 saturated heterocycles. The van der Waals surface area contributed by atoms with Gasteiger partial charge in [0.25, 0.3) is 5.91 Å². The van der Waals surface area contributed by atoms with Crippen LogP contribution in [0.3, 0.4) is 0 Å². The van der Waals surface area contributed by atoms with Crippen molar-refractivity contribution in [1.29, 1.82) is 0 Å². The molecule has 6 heteroatoms. The first-order chi connectivity index (χ1) is 14.0. The Hall–Kier alpha value is -2.86. The lowest BCUT2D eigenvalue weighted by Gasteiger charge is -2.22. The van der Waals surface area contributed by atoms with Crippen LogP contribution in [0.5, 0.6) is 0 Å². The van der Waals surface area contributed by atoms with Crippen LogP contribution in [0.4, 0.5) is 15.8 Å². The van der Waals surface area contributed by atoms with Crippen molar-refractivity contribution in [3.8, 4) is 0 Å². The maximum Gasteiger partial charge on any atom is 0.272 e. The first kappa shape index (κ1) is 18.2. The molecule has 2 aliphatic rings. The van der Waals surface area contributed by atoms with Crippen molar-refractivity contribution in [3.63, 3.8) is 0 Å². The number of hydrogen-bond acceptors (Lipinski definition) is 3. The second kappa shape index (κ2) is 6.88. The molecule has 5 nitrogen and oxygen atoms in total. The van der Waals surface area contributed by atoms with Crippen LogP contribution in [0.1, 0.15) is 16.1 Å². The number of aryl methyl sites for hydroxylation is 1. The van der Waals surface area contributed by atoms with Crippen molar-refractivity contribution in [1.82, 2.24) is 9.88 Å². The van der Waals surface area contributed by atoms with Gasteiger partial charge in [-0.15, -0.1) is 0 Å². The largest absolute Gasteiger partial charge is 0.371 e.